The molecule has 0 saturated carbocycles. The highest BCUT2D eigenvalue weighted by molar-refractivity contribution is 5.86. The van der Waals surface area contributed by atoms with Crippen molar-refractivity contribution in [3.63, 3.8) is 0 Å². The molecule has 0 aliphatic rings. The summed E-state index contributed by atoms with van der Waals surface area (Å²) in [5, 5.41) is 10.7. The molecule has 17 heavy (non-hydrogen) atoms. The van der Waals surface area contributed by atoms with Crippen molar-refractivity contribution in [1.29, 1.82) is 0 Å². The summed E-state index contributed by atoms with van der Waals surface area (Å²) in [7, 11) is 1.30. The van der Waals surface area contributed by atoms with Crippen LogP contribution in [-0.4, -0.2) is 42.5 Å². The van der Waals surface area contributed by atoms with E-state index in [0.29, 0.717) is 18.5 Å². The van der Waals surface area contributed by atoms with Crippen LogP contribution in [0.4, 0.5) is 0 Å². The Morgan fingerprint density at radius 2 is 2.18 bits per heavy atom. The number of methoxy groups -OCH3 is 1. The number of nitrogens with zero attached hydrogens (tertiary/aromatic N) is 2. The van der Waals surface area contributed by atoms with Gasteiger partial charge < -0.3 is 14.8 Å². The molecule has 0 aromatic carbocycles. The van der Waals surface area contributed by atoms with Crippen molar-refractivity contribution in [3.05, 3.63) is 17.8 Å². The van der Waals surface area contributed by atoms with Crippen molar-refractivity contribution in [1.82, 2.24) is 15.5 Å². The lowest BCUT2D eigenvalue weighted by Crippen LogP contribution is -2.27. The number of carbonyl (C=O) groups is 1. The van der Waals surface area contributed by atoms with Crippen LogP contribution in [0.1, 0.15) is 24.3 Å². The lowest BCUT2D eigenvalue weighted by molar-refractivity contribution is 0.0592. The Labute approximate surface area is 100 Å². The van der Waals surface area contributed by atoms with Crippen molar-refractivity contribution in [3.8, 4) is 5.88 Å². The van der Waals surface area contributed by atoms with Gasteiger partial charge in [-0.25, -0.2) is 4.79 Å². The monoisotopic (exact) mass is 239 g/mol. The van der Waals surface area contributed by atoms with Crippen LogP contribution in [0.15, 0.2) is 12.1 Å². The molecule has 0 atom stereocenters. The van der Waals surface area contributed by atoms with Gasteiger partial charge >= 0.3 is 5.97 Å². The zero-order valence-electron chi connectivity index (χ0n) is 10.3. The van der Waals surface area contributed by atoms with Gasteiger partial charge in [-0.1, -0.05) is 13.8 Å². The van der Waals surface area contributed by atoms with E-state index in [1.807, 2.05) is 0 Å². The van der Waals surface area contributed by atoms with E-state index in [1.165, 1.54) is 13.2 Å². The van der Waals surface area contributed by atoms with E-state index in [4.69, 9.17) is 4.74 Å². The third-order valence-electron chi connectivity index (χ3n) is 1.94. The molecule has 0 spiro atoms. The summed E-state index contributed by atoms with van der Waals surface area (Å²) in [6.07, 6.45) is 0. The van der Waals surface area contributed by atoms with Crippen molar-refractivity contribution in [2.75, 3.05) is 20.3 Å². The molecule has 6 nitrogen and oxygen atoms in total. The van der Waals surface area contributed by atoms with E-state index in [1.54, 1.807) is 6.07 Å². The first-order valence-electron chi connectivity index (χ1n) is 5.41. The highest BCUT2D eigenvalue weighted by Gasteiger charge is 2.07. The van der Waals surface area contributed by atoms with Gasteiger partial charge in [-0.2, -0.15) is 0 Å². The quantitative estimate of drug-likeness (QED) is 0.580. The van der Waals surface area contributed by atoms with E-state index < -0.39 is 5.97 Å². The molecule has 1 aromatic rings. The van der Waals surface area contributed by atoms with E-state index in [2.05, 4.69) is 34.1 Å². The average Bonchev–Trinajstić information content (AvgIpc) is 2.34. The van der Waals surface area contributed by atoms with Crippen LogP contribution in [-0.2, 0) is 4.74 Å². The summed E-state index contributed by atoms with van der Waals surface area (Å²) >= 11 is 0. The number of aromatic nitrogens is 2. The van der Waals surface area contributed by atoms with Gasteiger partial charge in [0, 0.05) is 18.7 Å². The molecule has 6 heteroatoms. The van der Waals surface area contributed by atoms with Crippen LogP contribution in [0.5, 0.6) is 5.88 Å². The van der Waals surface area contributed by atoms with Crippen LogP contribution in [0, 0.1) is 0 Å². The topological polar surface area (TPSA) is 73.3 Å². The van der Waals surface area contributed by atoms with Crippen LogP contribution in [0.25, 0.3) is 0 Å². The predicted octanol–water partition coefficient (Wildman–Crippen LogP) is 0.640. The Morgan fingerprint density at radius 1 is 1.41 bits per heavy atom. The molecular weight excluding hydrogens is 222 g/mol. The zero-order valence-corrected chi connectivity index (χ0v) is 10.3. The second kappa shape index (κ2) is 6.80. The molecule has 0 amide bonds. The van der Waals surface area contributed by atoms with Crippen LogP contribution in [0.3, 0.4) is 0 Å². The second-order valence-electron chi connectivity index (χ2n) is 3.71. The van der Waals surface area contributed by atoms with Gasteiger partial charge in [0.05, 0.1) is 7.11 Å². The van der Waals surface area contributed by atoms with Crippen LogP contribution >= 0.6 is 0 Å². The minimum Gasteiger partial charge on any atom is -0.475 e. The average molecular weight is 239 g/mol. The smallest absolute Gasteiger partial charge is 0.358 e. The molecule has 0 bridgehead atoms. The molecule has 0 aliphatic heterocycles. The number of hydrogen-bond donors (Lipinski definition) is 1. The first-order chi connectivity index (χ1) is 8.13. The van der Waals surface area contributed by atoms with Gasteiger partial charge in [-0.05, 0) is 6.07 Å². The second-order valence-corrected chi connectivity index (χ2v) is 3.71. The Bertz CT molecular complexity index is 351. The van der Waals surface area contributed by atoms with Crippen LogP contribution in [0.2, 0.25) is 0 Å². The fraction of sp³-hybridized carbons (Fsp3) is 0.545. The maximum Gasteiger partial charge on any atom is 0.358 e. The summed E-state index contributed by atoms with van der Waals surface area (Å²) in [6.45, 7) is 5.36. The molecule has 1 aromatic heterocycles. The molecule has 1 rings (SSSR count). The largest absolute Gasteiger partial charge is 0.475 e. The number of carbonyl (C=O) groups excluding carboxylic acids is 1. The van der Waals surface area contributed by atoms with Crippen molar-refractivity contribution < 1.29 is 14.3 Å². The Kier molecular flexibility index (Phi) is 5.35. The molecule has 0 aliphatic carbocycles. The minimum absolute atomic E-state index is 0.167. The van der Waals surface area contributed by atoms with Gasteiger partial charge in [0.1, 0.15) is 6.61 Å². The molecule has 0 saturated heterocycles. The standard InChI is InChI=1S/C11H17N3O3/c1-8(2)12-6-7-17-10-5-4-9(13-14-10)11(15)16-3/h4-5,8,12H,6-7H2,1-3H3. The van der Waals surface area contributed by atoms with Crippen molar-refractivity contribution in [2.45, 2.75) is 19.9 Å². The Balaban J connectivity index is 2.38. The molecule has 1 heterocycles. The maximum absolute atomic E-state index is 11.1. The molecule has 94 valence electrons. The molecule has 0 unspecified atom stereocenters. The fourth-order valence-corrected chi connectivity index (χ4v) is 1.11. The normalized spacial score (nSPS) is 10.4. The summed E-state index contributed by atoms with van der Waals surface area (Å²) < 4.78 is 9.85. The van der Waals surface area contributed by atoms with Gasteiger partial charge in [0.25, 0.3) is 0 Å². The first-order valence-corrected chi connectivity index (χ1v) is 5.41. The number of hydrogen-bond acceptors (Lipinski definition) is 6. The molecular formula is C11H17N3O3. The SMILES string of the molecule is COC(=O)c1ccc(OCCNC(C)C)nn1. The highest BCUT2D eigenvalue weighted by atomic mass is 16.5. The third kappa shape index (κ3) is 4.78. The maximum atomic E-state index is 11.1. The minimum atomic E-state index is -0.509. The van der Waals surface area contributed by atoms with Gasteiger partial charge in [-0.3, -0.25) is 0 Å². The van der Waals surface area contributed by atoms with Crippen molar-refractivity contribution >= 4 is 5.97 Å². The molecule has 1 N–H and O–H groups in total. The van der Waals surface area contributed by atoms with E-state index in [0.717, 1.165) is 6.54 Å². The number of esters is 1. The highest BCUT2D eigenvalue weighted by Crippen LogP contribution is 2.05. The van der Waals surface area contributed by atoms with Crippen LogP contribution < -0.4 is 10.1 Å². The Hall–Kier alpha value is -1.69. The first kappa shape index (κ1) is 13.4. The predicted molar refractivity (Wildman–Crippen MR) is 62.0 cm³/mol. The fourth-order valence-electron chi connectivity index (χ4n) is 1.11. The summed E-state index contributed by atoms with van der Waals surface area (Å²) in [5.74, 6) is -0.117. The molecule has 0 radical (unpaired) electrons. The van der Waals surface area contributed by atoms with Crippen molar-refractivity contribution in [2.24, 2.45) is 0 Å². The number of rotatable bonds is 6. The Morgan fingerprint density at radius 3 is 2.71 bits per heavy atom. The van der Waals surface area contributed by atoms with E-state index in [9.17, 15) is 4.79 Å². The number of nitrogens with one attached hydrogen (secondary N) is 1. The summed E-state index contributed by atoms with van der Waals surface area (Å²) in [6, 6.07) is 3.53. The van der Waals surface area contributed by atoms with E-state index in [-0.39, 0.29) is 5.69 Å². The number of ether oxygens (including phenoxy) is 2. The zero-order chi connectivity index (χ0) is 12.7. The lowest BCUT2D eigenvalue weighted by Gasteiger charge is -2.08. The lowest BCUT2D eigenvalue weighted by atomic mass is 10.4. The van der Waals surface area contributed by atoms with E-state index >= 15 is 0 Å². The van der Waals surface area contributed by atoms with Gasteiger partial charge in [0.15, 0.2) is 5.69 Å². The van der Waals surface area contributed by atoms with Gasteiger partial charge in [-0.15, -0.1) is 10.2 Å². The molecule has 0 fully saturated rings. The third-order valence-corrected chi connectivity index (χ3v) is 1.94. The summed E-state index contributed by atoms with van der Waals surface area (Å²) in [4.78, 5) is 11.1. The van der Waals surface area contributed by atoms with Gasteiger partial charge in [0.2, 0.25) is 5.88 Å². The summed E-state index contributed by atoms with van der Waals surface area (Å²) in [5.41, 5.74) is 0.167.